The van der Waals surface area contributed by atoms with Crippen LogP contribution in [0.5, 0.6) is 0 Å². The number of aryl methyl sites for hydroxylation is 1. The number of aliphatic carboxylic acids is 1. The summed E-state index contributed by atoms with van der Waals surface area (Å²) in [7, 11) is 1.46. The van der Waals surface area contributed by atoms with Crippen LogP contribution < -0.4 is 0 Å². The highest BCUT2D eigenvalue weighted by molar-refractivity contribution is 7.10. The van der Waals surface area contributed by atoms with Crippen LogP contribution in [0.15, 0.2) is 11.4 Å². The smallest absolute Gasteiger partial charge is 0.340 e. The Morgan fingerprint density at radius 1 is 1.77 bits per heavy atom. The Bertz CT molecular complexity index is 344. The van der Waals surface area contributed by atoms with Crippen LogP contribution in [0, 0.1) is 0 Å². The third kappa shape index (κ3) is 1.02. The van der Waals surface area contributed by atoms with E-state index in [2.05, 4.69) is 0 Å². The summed E-state index contributed by atoms with van der Waals surface area (Å²) in [5.41, 5.74) is -0.234. The number of hydrogen-bond donors (Lipinski definition) is 1. The predicted octanol–water partition coefficient (Wildman–Crippen LogP) is 1.62. The van der Waals surface area contributed by atoms with Crippen LogP contribution >= 0.6 is 11.3 Å². The van der Waals surface area contributed by atoms with E-state index in [4.69, 9.17) is 9.84 Å². The van der Waals surface area contributed by atoms with E-state index in [9.17, 15) is 4.79 Å². The quantitative estimate of drug-likeness (QED) is 0.785. The minimum Gasteiger partial charge on any atom is -0.479 e. The van der Waals surface area contributed by atoms with Crippen LogP contribution in [-0.2, 0) is 21.6 Å². The molecule has 0 aromatic carbocycles. The summed E-state index contributed by atoms with van der Waals surface area (Å²) < 4.78 is 5.15. The van der Waals surface area contributed by atoms with Gasteiger partial charge in [0.25, 0.3) is 0 Å². The molecule has 1 atom stereocenters. The summed E-state index contributed by atoms with van der Waals surface area (Å²) in [5, 5.41) is 11.0. The predicted molar refractivity (Wildman–Crippen MR) is 49.0 cm³/mol. The van der Waals surface area contributed by atoms with Gasteiger partial charge in [-0.25, -0.2) is 4.79 Å². The summed E-state index contributed by atoms with van der Waals surface area (Å²) >= 11 is 1.60. The Kier molecular flexibility index (Phi) is 1.89. The molecule has 1 aliphatic carbocycles. The van der Waals surface area contributed by atoms with Gasteiger partial charge in [-0.3, -0.25) is 0 Å². The van der Waals surface area contributed by atoms with E-state index in [1.807, 2.05) is 11.4 Å². The first-order chi connectivity index (χ1) is 6.20. The number of fused-ring (bicyclic) bond motifs is 1. The number of carbonyl (C=O) groups is 1. The van der Waals surface area contributed by atoms with Crippen LogP contribution in [-0.4, -0.2) is 18.2 Å². The maximum absolute atomic E-state index is 11.1. The van der Waals surface area contributed by atoms with Crippen molar-refractivity contribution in [1.29, 1.82) is 0 Å². The highest BCUT2D eigenvalue weighted by Crippen LogP contribution is 2.42. The van der Waals surface area contributed by atoms with Gasteiger partial charge >= 0.3 is 5.97 Å². The molecule has 0 amide bonds. The lowest BCUT2D eigenvalue weighted by atomic mass is 9.98. The number of rotatable bonds is 2. The van der Waals surface area contributed by atoms with E-state index in [0.717, 1.165) is 16.9 Å². The molecule has 13 heavy (non-hydrogen) atoms. The fourth-order valence-electron chi connectivity index (χ4n) is 1.84. The second-order valence-electron chi connectivity index (χ2n) is 3.09. The van der Waals surface area contributed by atoms with Gasteiger partial charge in [0.1, 0.15) is 0 Å². The van der Waals surface area contributed by atoms with Crippen molar-refractivity contribution in [2.24, 2.45) is 0 Å². The standard InChI is InChI=1S/C9H10O3S/c1-12-9(8(10)11)4-2-7-6(9)3-5-13-7/h3,5H,2,4H2,1H3,(H,10,11). The van der Waals surface area contributed by atoms with Crippen molar-refractivity contribution in [2.45, 2.75) is 18.4 Å². The van der Waals surface area contributed by atoms with Crippen molar-refractivity contribution in [3.63, 3.8) is 0 Å². The molecule has 70 valence electrons. The Labute approximate surface area is 80.0 Å². The molecule has 3 nitrogen and oxygen atoms in total. The van der Waals surface area contributed by atoms with E-state index in [1.165, 1.54) is 7.11 Å². The van der Waals surface area contributed by atoms with Crippen molar-refractivity contribution in [1.82, 2.24) is 0 Å². The normalized spacial score (nSPS) is 25.9. The topological polar surface area (TPSA) is 46.5 Å². The molecule has 1 aliphatic rings. The lowest BCUT2D eigenvalue weighted by Crippen LogP contribution is -2.35. The van der Waals surface area contributed by atoms with Crippen molar-refractivity contribution in [2.75, 3.05) is 7.11 Å². The minimum absolute atomic E-state index is 0.556. The number of carboxylic acid groups (broad SMARTS) is 1. The molecule has 2 rings (SSSR count). The molecule has 0 fully saturated rings. The van der Waals surface area contributed by atoms with Crippen molar-refractivity contribution >= 4 is 17.3 Å². The van der Waals surface area contributed by atoms with E-state index < -0.39 is 11.6 Å². The van der Waals surface area contributed by atoms with Gasteiger partial charge in [-0.05, 0) is 24.3 Å². The van der Waals surface area contributed by atoms with Crippen molar-refractivity contribution in [3.8, 4) is 0 Å². The average Bonchev–Trinajstić information content (AvgIpc) is 2.62. The molecule has 1 N–H and O–H groups in total. The number of thiophene rings is 1. The monoisotopic (exact) mass is 198 g/mol. The molecule has 1 heterocycles. The molecule has 1 aromatic rings. The molecule has 4 heteroatoms. The fraction of sp³-hybridized carbons (Fsp3) is 0.444. The molecular weight excluding hydrogens is 188 g/mol. The SMILES string of the molecule is COC1(C(=O)O)CCc2sccc21. The number of hydrogen-bond acceptors (Lipinski definition) is 3. The van der Waals surface area contributed by atoms with E-state index >= 15 is 0 Å². The number of ether oxygens (including phenoxy) is 1. The van der Waals surface area contributed by atoms with Crippen molar-refractivity contribution in [3.05, 3.63) is 21.9 Å². The van der Waals surface area contributed by atoms with Crippen molar-refractivity contribution < 1.29 is 14.6 Å². The second kappa shape index (κ2) is 2.82. The Balaban J connectivity index is 2.51. The van der Waals surface area contributed by atoms with Crippen LogP contribution in [0.4, 0.5) is 0 Å². The summed E-state index contributed by atoms with van der Waals surface area (Å²) in [6.45, 7) is 0. The van der Waals surface area contributed by atoms with Gasteiger partial charge in [0, 0.05) is 17.6 Å². The van der Waals surface area contributed by atoms with Crippen LogP contribution in [0.2, 0.25) is 0 Å². The molecule has 0 radical (unpaired) electrons. The maximum atomic E-state index is 11.1. The van der Waals surface area contributed by atoms with Gasteiger partial charge in [0.2, 0.25) is 0 Å². The van der Waals surface area contributed by atoms with E-state index in [-0.39, 0.29) is 0 Å². The Morgan fingerprint density at radius 3 is 3.15 bits per heavy atom. The molecule has 1 aromatic heterocycles. The summed E-state index contributed by atoms with van der Waals surface area (Å²) in [6.07, 6.45) is 1.37. The molecule has 0 spiro atoms. The van der Waals surface area contributed by atoms with E-state index in [0.29, 0.717) is 6.42 Å². The van der Waals surface area contributed by atoms with Crippen LogP contribution in [0.25, 0.3) is 0 Å². The lowest BCUT2D eigenvalue weighted by molar-refractivity contribution is -0.163. The largest absolute Gasteiger partial charge is 0.479 e. The van der Waals surface area contributed by atoms with Crippen LogP contribution in [0.3, 0.4) is 0 Å². The van der Waals surface area contributed by atoms with Gasteiger partial charge in [-0.1, -0.05) is 0 Å². The molecule has 1 unspecified atom stereocenters. The first kappa shape index (κ1) is 8.72. The Hall–Kier alpha value is -0.870. The summed E-state index contributed by atoms with van der Waals surface area (Å²) in [4.78, 5) is 12.2. The van der Waals surface area contributed by atoms with E-state index in [1.54, 1.807) is 11.3 Å². The zero-order chi connectivity index (χ0) is 9.47. The summed E-state index contributed by atoms with van der Waals surface area (Å²) in [5.74, 6) is -0.882. The molecule has 0 aliphatic heterocycles. The summed E-state index contributed by atoms with van der Waals surface area (Å²) in [6, 6.07) is 1.85. The average molecular weight is 198 g/mol. The first-order valence-corrected chi connectivity index (χ1v) is 4.94. The third-order valence-electron chi connectivity index (χ3n) is 2.58. The van der Waals surface area contributed by atoms with Gasteiger partial charge in [-0.2, -0.15) is 0 Å². The minimum atomic E-state index is -1.07. The number of carboxylic acids is 1. The zero-order valence-electron chi connectivity index (χ0n) is 7.24. The molecule has 0 saturated carbocycles. The van der Waals surface area contributed by atoms with Crippen LogP contribution in [0.1, 0.15) is 16.9 Å². The molecule has 0 saturated heterocycles. The second-order valence-corrected chi connectivity index (χ2v) is 4.09. The van der Waals surface area contributed by atoms with Gasteiger partial charge in [0.05, 0.1) is 0 Å². The lowest BCUT2D eigenvalue weighted by Gasteiger charge is -2.22. The van der Waals surface area contributed by atoms with Gasteiger partial charge in [0.15, 0.2) is 5.60 Å². The zero-order valence-corrected chi connectivity index (χ0v) is 8.06. The van der Waals surface area contributed by atoms with Gasteiger partial charge < -0.3 is 9.84 Å². The third-order valence-corrected chi connectivity index (χ3v) is 3.56. The molecular formula is C9H10O3S. The highest BCUT2D eigenvalue weighted by Gasteiger charge is 2.46. The van der Waals surface area contributed by atoms with Gasteiger partial charge in [-0.15, -0.1) is 11.3 Å². The molecule has 0 bridgehead atoms. The Morgan fingerprint density at radius 2 is 2.54 bits per heavy atom. The first-order valence-electron chi connectivity index (χ1n) is 4.06. The fourth-order valence-corrected chi connectivity index (χ4v) is 2.79. The number of methoxy groups -OCH3 is 1. The highest BCUT2D eigenvalue weighted by atomic mass is 32.1. The maximum Gasteiger partial charge on any atom is 0.340 e.